The number of likely N-dealkylation sites (tertiary alicyclic amines) is 1. The lowest BCUT2D eigenvalue weighted by molar-refractivity contribution is -0.110. The number of halogens is 1. The van der Waals surface area contributed by atoms with Crippen LogP contribution in [0.25, 0.3) is 0 Å². The monoisotopic (exact) mass is 340 g/mol. The minimum Gasteiger partial charge on any atom is -0.388 e. The Hall–Kier alpha value is -1.14. The van der Waals surface area contributed by atoms with E-state index in [9.17, 15) is 15.0 Å². The van der Waals surface area contributed by atoms with E-state index in [2.05, 4.69) is 12.2 Å². The summed E-state index contributed by atoms with van der Waals surface area (Å²) in [5.41, 5.74) is -0.641. The van der Waals surface area contributed by atoms with Crippen LogP contribution in [0.2, 0.25) is 5.02 Å². The number of aliphatic hydroxyl groups excluding tert-OH is 1. The highest BCUT2D eigenvalue weighted by atomic mass is 35.5. The number of β-amino-alcohol motifs (C(OH)–C–C–N with tert-alkyl or cyclic N) is 1. The van der Waals surface area contributed by atoms with Crippen LogP contribution in [0.4, 0.5) is 0 Å². The van der Waals surface area contributed by atoms with Crippen LogP contribution in [0.15, 0.2) is 24.3 Å². The van der Waals surface area contributed by atoms with Gasteiger partial charge in [-0.05, 0) is 43.7 Å². The van der Waals surface area contributed by atoms with Crippen LogP contribution in [0.5, 0.6) is 0 Å². The van der Waals surface area contributed by atoms with Crippen LogP contribution >= 0.6 is 11.6 Å². The van der Waals surface area contributed by atoms with Gasteiger partial charge in [-0.3, -0.25) is 4.79 Å². The van der Waals surface area contributed by atoms with Crippen molar-refractivity contribution in [1.29, 1.82) is 0 Å². The topological polar surface area (TPSA) is 72.8 Å². The second-order valence-corrected chi connectivity index (χ2v) is 6.59. The number of hydrogen-bond donors (Lipinski definition) is 3. The molecule has 1 aromatic rings. The van der Waals surface area contributed by atoms with E-state index in [1.54, 1.807) is 29.2 Å². The van der Waals surface area contributed by atoms with Crippen molar-refractivity contribution in [2.45, 2.75) is 37.9 Å². The highest BCUT2D eigenvalue weighted by Crippen LogP contribution is 2.24. The summed E-state index contributed by atoms with van der Waals surface area (Å²) in [5, 5.41) is 24.6. The molecular formula is C17H25ClN2O3. The second kappa shape index (κ2) is 8.11. The third-order valence-electron chi connectivity index (χ3n) is 4.34. The van der Waals surface area contributed by atoms with Gasteiger partial charge in [-0.15, -0.1) is 0 Å². The number of piperidine rings is 1. The third-order valence-corrected chi connectivity index (χ3v) is 4.60. The lowest BCUT2D eigenvalue weighted by atomic mass is 9.88. The van der Waals surface area contributed by atoms with Gasteiger partial charge in [0.05, 0.1) is 0 Å². The summed E-state index contributed by atoms with van der Waals surface area (Å²) in [6, 6.07) is 6.68. The number of nitrogens with one attached hydrogen (secondary N) is 1. The van der Waals surface area contributed by atoms with E-state index in [0.29, 0.717) is 30.1 Å². The SMILES string of the molecule is CCCCNC[C@@]1(O)CCN(C(=O)c2ccc(Cl)cc2)C[C@@H]1O. The Morgan fingerprint density at radius 3 is 2.74 bits per heavy atom. The predicted molar refractivity (Wildman–Crippen MR) is 90.7 cm³/mol. The van der Waals surface area contributed by atoms with Crippen molar-refractivity contribution in [3.63, 3.8) is 0 Å². The molecule has 1 heterocycles. The van der Waals surface area contributed by atoms with Crippen molar-refractivity contribution >= 4 is 17.5 Å². The van der Waals surface area contributed by atoms with Crippen LogP contribution in [0.3, 0.4) is 0 Å². The van der Waals surface area contributed by atoms with Gasteiger partial charge in [0, 0.05) is 30.2 Å². The summed E-state index contributed by atoms with van der Waals surface area (Å²) >= 11 is 5.83. The highest BCUT2D eigenvalue weighted by Gasteiger charge is 2.41. The number of aliphatic hydroxyl groups is 2. The molecule has 0 radical (unpaired) electrons. The molecule has 1 amide bonds. The first kappa shape index (κ1) is 18.2. The quantitative estimate of drug-likeness (QED) is 0.689. The van der Waals surface area contributed by atoms with Crippen LogP contribution < -0.4 is 5.32 Å². The fraction of sp³-hybridized carbons (Fsp3) is 0.588. The molecule has 1 aromatic carbocycles. The number of rotatable bonds is 6. The number of carbonyl (C=O) groups is 1. The fourth-order valence-electron chi connectivity index (χ4n) is 2.74. The maximum absolute atomic E-state index is 12.4. The van der Waals surface area contributed by atoms with E-state index in [0.717, 1.165) is 19.4 Å². The average Bonchev–Trinajstić information content (AvgIpc) is 2.54. The Kier molecular flexibility index (Phi) is 6.41. The van der Waals surface area contributed by atoms with Crippen LogP contribution in [0.1, 0.15) is 36.5 Å². The molecule has 0 saturated carbocycles. The number of amides is 1. The highest BCUT2D eigenvalue weighted by molar-refractivity contribution is 6.30. The van der Waals surface area contributed by atoms with Gasteiger partial charge in [0.15, 0.2) is 0 Å². The zero-order valence-electron chi connectivity index (χ0n) is 13.5. The normalized spacial score (nSPS) is 24.7. The van der Waals surface area contributed by atoms with Crippen molar-refractivity contribution in [3.8, 4) is 0 Å². The van der Waals surface area contributed by atoms with Gasteiger partial charge >= 0.3 is 0 Å². The van der Waals surface area contributed by atoms with Gasteiger partial charge in [-0.1, -0.05) is 24.9 Å². The summed E-state index contributed by atoms with van der Waals surface area (Å²) in [4.78, 5) is 14.0. The van der Waals surface area contributed by atoms with Crippen molar-refractivity contribution in [2.24, 2.45) is 0 Å². The van der Waals surface area contributed by atoms with Crippen LogP contribution in [0, 0.1) is 0 Å². The van der Waals surface area contributed by atoms with Crippen molar-refractivity contribution in [1.82, 2.24) is 10.2 Å². The molecule has 1 aliphatic rings. The molecule has 2 rings (SSSR count). The third kappa shape index (κ3) is 4.67. The molecular weight excluding hydrogens is 316 g/mol. The summed E-state index contributed by atoms with van der Waals surface area (Å²) < 4.78 is 0. The Morgan fingerprint density at radius 1 is 1.43 bits per heavy atom. The Bertz CT molecular complexity index is 523. The van der Waals surface area contributed by atoms with Gasteiger partial charge in [0.2, 0.25) is 0 Å². The zero-order valence-corrected chi connectivity index (χ0v) is 14.2. The molecule has 0 aliphatic carbocycles. The standard InChI is InChI=1S/C17H25ClN2O3/c1-2-3-9-19-12-17(23)8-10-20(11-15(17)21)16(22)13-4-6-14(18)7-5-13/h4-7,15,19,21,23H,2-3,8-12H2,1H3/t15-,17-/m0/s1. The molecule has 3 N–H and O–H groups in total. The van der Waals surface area contributed by atoms with Crippen molar-refractivity contribution < 1.29 is 15.0 Å². The predicted octanol–water partition coefficient (Wildman–Crippen LogP) is 1.67. The molecule has 1 saturated heterocycles. The van der Waals surface area contributed by atoms with Crippen LogP contribution in [-0.4, -0.2) is 58.9 Å². The number of hydrogen-bond acceptors (Lipinski definition) is 4. The van der Waals surface area contributed by atoms with E-state index in [-0.39, 0.29) is 12.5 Å². The summed E-state index contributed by atoms with van der Waals surface area (Å²) in [7, 11) is 0. The largest absolute Gasteiger partial charge is 0.388 e. The number of carbonyl (C=O) groups excluding carboxylic acids is 1. The molecule has 128 valence electrons. The molecule has 0 unspecified atom stereocenters. The molecule has 0 bridgehead atoms. The number of nitrogens with zero attached hydrogens (tertiary/aromatic N) is 1. The lowest BCUT2D eigenvalue weighted by Gasteiger charge is -2.42. The van der Waals surface area contributed by atoms with E-state index in [1.807, 2.05) is 0 Å². The summed E-state index contributed by atoms with van der Waals surface area (Å²) in [6.07, 6.45) is 1.51. The first-order valence-electron chi connectivity index (χ1n) is 8.12. The van der Waals surface area contributed by atoms with E-state index in [4.69, 9.17) is 11.6 Å². The van der Waals surface area contributed by atoms with E-state index in [1.165, 1.54) is 0 Å². The van der Waals surface area contributed by atoms with Gasteiger partial charge < -0.3 is 20.4 Å². The van der Waals surface area contributed by atoms with Gasteiger partial charge in [-0.25, -0.2) is 0 Å². The molecule has 2 atom stereocenters. The fourth-order valence-corrected chi connectivity index (χ4v) is 2.86. The molecule has 6 heteroatoms. The Balaban J connectivity index is 1.92. The van der Waals surface area contributed by atoms with E-state index >= 15 is 0 Å². The first-order valence-corrected chi connectivity index (χ1v) is 8.50. The van der Waals surface area contributed by atoms with Gasteiger partial charge in [0.1, 0.15) is 11.7 Å². The molecule has 0 aromatic heterocycles. The number of benzene rings is 1. The first-order chi connectivity index (χ1) is 11.0. The van der Waals surface area contributed by atoms with Crippen molar-refractivity contribution in [3.05, 3.63) is 34.9 Å². The van der Waals surface area contributed by atoms with E-state index < -0.39 is 11.7 Å². The van der Waals surface area contributed by atoms with Crippen LogP contribution in [-0.2, 0) is 0 Å². The summed E-state index contributed by atoms with van der Waals surface area (Å²) in [5.74, 6) is -0.151. The second-order valence-electron chi connectivity index (χ2n) is 6.16. The molecule has 0 spiro atoms. The van der Waals surface area contributed by atoms with Gasteiger partial charge in [0.25, 0.3) is 5.91 Å². The molecule has 23 heavy (non-hydrogen) atoms. The Morgan fingerprint density at radius 2 is 2.13 bits per heavy atom. The maximum Gasteiger partial charge on any atom is 0.253 e. The minimum atomic E-state index is -1.18. The molecule has 1 aliphatic heterocycles. The zero-order chi connectivity index (χ0) is 16.9. The minimum absolute atomic E-state index is 0.132. The Labute approximate surface area is 142 Å². The lowest BCUT2D eigenvalue weighted by Crippen LogP contribution is -2.60. The summed E-state index contributed by atoms with van der Waals surface area (Å²) in [6.45, 7) is 3.82. The average molecular weight is 341 g/mol. The number of unbranched alkanes of at least 4 members (excludes halogenated alkanes) is 1. The molecule has 1 fully saturated rings. The van der Waals surface area contributed by atoms with Gasteiger partial charge in [-0.2, -0.15) is 0 Å². The maximum atomic E-state index is 12.4. The smallest absolute Gasteiger partial charge is 0.253 e. The van der Waals surface area contributed by atoms with Crippen molar-refractivity contribution in [2.75, 3.05) is 26.2 Å². The molecule has 5 nitrogen and oxygen atoms in total.